The van der Waals surface area contributed by atoms with Crippen molar-refractivity contribution in [1.29, 1.82) is 0 Å². The van der Waals surface area contributed by atoms with Gasteiger partial charge in [0.2, 0.25) is 11.8 Å². The number of hydrogen-bond donors (Lipinski definition) is 1. The lowest BCUT2D eigenvalue weighted by atomic mass is 10.0. The molecule has 5 nitrogen and oxygen atoms in total. The van der Waals surface area contributed by atoms with Gasteiger partial charge in [0.1, 0.15) is 6.26 Å². The number of aromatic nitrogens is 1. The van der Waals surface area contributed by atoms with Crippen LogP contribution in [0.3, 0.4) is 0 Å². The molecule has 6 heteroatoms. The Bertz CT molecular complexity index is 659. The molecule has 1 aromatic heterocycles. The molecule has 1 aliphatic heterocycles. The number of likely N-dealkylation sites (tertiary alicyclic amines) is 1. The number of thioether (sulfide) groups is 1. The Kier molecular flexibility index (Phi) is 5.93. The highest BCUT2D eigenvalue weighted by Gasteiger charge is 2.25. The summed E-state index contributed by atoms with van der Waals surface area (Å²) < 4.78 is 5.52. The molecule has 1 atom stereocenters. The lowest BCUT2D eigenvalue weighted by Crippen LogP contribution is -2.48. The molecular formula is C18H23N3O2S. The van der Waals surface area contributed by atoms with Gasteiger partial charge in [-0.25, -0.2) is 4.98 Å². The maximum Gasteiger partial charge on any atom is 0.232 e. The molecule has 1 aromatic carbocycles. The topological polar surface area (TPSA) is 72.4 Å². The maximum absolute atomic E-state index is 12.4. The van der Waals surface area contributed by atoms with E-state index in [4.69, 9.17) is 10.2 Å². The normalized spacial score (nSPS) is 17.9. The smallest absolute Gasteiger partial charge is 0.232 e. The summed E-state index contributed by atoms with van der Waals surface area (Å²) in [6.45, 7) is 1.39. The van der Waals surface area contributed by atoms with Gasteiger partial charge in [0.15, 0.2) is 0 Å². The van der Waals surface area contributed by atoms with Crippen LogP contribution in [0.5, 0.6) is 0 Å². The summed E-state index contributed by atoms with van der Waals surface area (Å²) >= 11 is 1.57. The van der Waals surface area contributed by atoms with Crippen molar-refractivity contribution in [2.24, 2.45) is 5.73 Å². The van der Waals surface area contributed by atoms with Crippen molar-refractivity contribution >= 4 is 17.7 Å². The molecule has 2 aromatic rings. The number of nitrogens with two attached hydrogens (primary N) is 1. The summed E-state index contributed by atoms with van der Waals surface area (Å²) in [4.78, 5) is 18.8. The van der Waals surface area contributed by atoms with Crippen molar-refractivity contribution in [2.45, 2.75) is 31.1 Å². The van der Waals surface area contributed by atoms with Crippen molar-refractivity contribution in [3.63, 3.8) is 0 Å². The van der Waals surface area contributed by atoms with E-state index in [1.807, 2.05) is 35.2 Å². The number of oxazole rings is 1. The fraction of sp³-hybridized carbons (Fsp3) is 0.444. The molecular weight excluding hydrogens is 322 g/mol. The fourth-order valence-electron chi connectivity index (χ4n) is 2.99. The van der Waals surface area contributed by atoms with Crippen molar-refractivity contribution < 1.29 is 9.21 Å². The van der Waals surface area contributed by atoms with Crippen LogP contribution in [0.4, 0.5) is 0 Å². The molecule has 0 bridgehead atoms. The van der Waals surface area contributed by atoms with Crippen molar-refractivity contribution in [3.8, 4) is 11.5 Å². The summed E-state index contributed by atoms with van der Waals surface area (Å²) in [5.74, 6) is 1.94. The van der Waals surface area contributed by atoms with E-state index in [2.05, 4.69) is 4.98 Å². The summed E-state index contributed by atoms with van der Waals surface area (Å²) in [6.07, 6.45) is 4.94. The first-order valence-corrected chi connectivity index (χ1v) is 9.50. The van der Waals surface area contributed by atoms with Crippen molar-refractivity contribution in [2.75, 3.05) is 18.8 Å². The van der Waals surface area contributed by atoms with Crippen LogP contribution in [0.15, 0.2) is 41.0 Å². The Morgan fingerprint density at radius 3 is 2.96 bits per heavy atom. The minimum atomic E-state index is 0.182. The second-order valence-corrected chi connectivity index (χ2v) is 6.96. The van der Waals surface area contributed by atoms with E-state index in [0.29, 0.717) is 23.9 Å². The van der Waals surface area contributed by atoms with Crippen LogP contribution in [-0.4, -0.2) is 40.7 Å². The Labute approximate surface area is 146 Å². The van der Waals surface area contributed by atoms with Crippen molar-refractivity contribution in [1.82, 2.24) is 9.88 Å². The van der Waals surface area contributed by atoms with Crippen molar-refractivity contribution in [3.05, 3.63) is 42.3 Å². The van der Waals surface area contributed by atoms with Crippen LogP contribution in [-0.2, 0) is 10.5 Å². The molecule has 0 aliphatic carbocycles. The van der Waals surface area contributed by atoms with E-state index in [1.54, 1.807) is 18.0 Å². The Hall–Kier alpha value is -1.79. The molecule has 0 radical (unpaired) electrons. The minimum Gasteiger partial charge on any atom is -0.444 e. The van der Waals surface area contributed by atoms with E-state index in [9.17, 15) is 4.79 Å². The number of nitrogens with zero attached hydrogens (tertiary/aromatic N) is 2. The molecule has 2 N–H and O–H groups in total. The molecule has 1 amide bonds. The number of amides is 1. The molecule has 0 saturated carbocycles. The molecule has 0 spiro atoms. The highest BCUT2D eigenvalue weighted by atomic mass is 32.2. The zero-order chi connectivity index (χ0) is 16.8. The number of carbonyl (C=O) groups is 1. The Morgan fingerprint density at radius 2 is 2.17 bits per heavy atom. The van der Waals surface area contributed by atoms with Gasteiger partial charge in [0, 0.05) is 30.4 Å². The number of piperidine rings is 1. The van der Waals surface area contributed by atoms with Gasteiger partial charge in [-0.05, 0) is 31.4 Å². The van der Waals surface area contributed by atoms with E-state index in [0.717, 1.165) is 30.6 Å². The van der Waals surface area contributed by atoms with Gasteiger partial charge in [-0.3, -0.25) is 4.79 Å². The highest BCUT2D eigenvalue weighted by molar-refractivity contribution is 7.99. The van der Waals surface area contributed by atoms with E-state index >= 15 is 0 Å². The average Bonchev–Trinajstić information content (AvgIpc) is 3.11. The molecule has 128 valence electrons. The standard InChI is InChI=1S/C18H23N3O2S/c19-10-16-8-4-5-9-21(16)17(22)13-24-12-15-11-23-18(20-15)14-6-2-1-3-7-14/h1-3,6-7,11,16H,4-5,8-10,12-13,19H2. The second kappa shape index (κ2) is 8.35. The van der Waals surface area contributed by atoms with Gasteiger partial charge in [-0.2, -0.15) is 0 Å². The third kappa shape index (κ3) is 4.19. The lowest BCUT2D eigenvalue weighted by Gasteiger charge is -2.35. The first kappa shape index (κ1) is 17.0. The monoisotopic (exact) mass is 345 g/mol. The van der Waals surface area contributed by atoms with Gasteiger partial charge in [-0.15, -0.1) is 11.8 Å². The van der Waals surface area contributed by atoms with Crippen LogP contribution in [0.1, 0.15) is 25.0 Å². The van der Waals surface area contributed by atoms with Gasteiger partial charge in [0.05, 0.1) is 11.4 Å². The zero-order valence-corrected chi connectivity index (χ0v) is 14.5. The number of benzene rings is 1. The third-order valence-electron chi connectivity index (χ3n) is 4.27. The molecule has 1 fully saturated rings. The zero-order valence-electron chi connectivity index (χ0n) is 13.7. The van der Waals surface area contributed by atoms with Gasteiger partial charge in [-0.1, -0.05) is 18.2 Å². The first-order chi connectivity index (χ1) is 11.8. The fourth-order valence-corrected chi connectivity index (χ4v) is 3.77. The van der Waals surface area contributed by atoms with Crippen LogP contribution in [0.25, 0.3) is 11.5 Å². The Balaban J connectivity index is 1.50. The van der Waals surface area contributed by atoms with Crippen LogP contribution < -0.4 is 5.73 Å². The quantitative estimate of drug-likeness (QED) is 0.871. The van der Waals surface area contributed by atoms with E-state index in [-0.39, 0.29) is 11.9 Å². The van der Waals surface area contributed by atoms with Crippen LogP contribution >= 0.6 is 11.8 Å². The largest absolute Gasteiger partial charge is 0.444 e. The molecule has 1 aliphatic rings. The summed E-state index contributed by atoms with van der Waals surface area (Å²) in [5.41, 5.74) is 7.61. The van der Waals surface area contributed by atoms with Gasteiger partial charge < -0.3 is 15.1 Å². The minimum absolute atomic E-state index is 0.182. The van der Waals surface area contributed by atoms with Crippen LogP contribution in [0, 0.1) is 0 Å². The number of carbonyl (C=O) groups excluding carboxylic acids is 1. The summed E-state index contributed by atoms with van der Waals surface area (Å²) in [7, 11) is 0. The maximum atomic E-state index is 12.4. The molecule has 1 saturated heterocycles. The van der Waals surface area contributed by atoms with E-state index < -0.39 is 0 Å². The SMILES string of the molecule is NCC1CCCCN1C(=O)CSCc1coc(-c2ccccc2)n1. The summed E-state index contributed by atoms with van der Waals surface area (Å²) in [5, 5.41) is 0. The average molecular weight is 345 g/mol. The van der Waals surface area contributed by atoms with E-state index in [1.165, 1.54) is 6.42 Å². The van der Waals surface area contributed by atoms with Gasteiger partial charge in [0.25, 0.3) is 0 Å². The third-order valence-corrected chi connectivity index (χ3v) is 5.22. The second-order valence-electron chi connectivity index (χ2n) is 5.98. The first-order valence-electron chi connectivity index (χ1n) is 8.35. The molecule has 1 unspecified atom stereocenters. The number of hydrogen-bond acceptors (Lipinski definition) is 5. The predicted octanol–water partition coefficient (Wildman–Crippen LogP) is 2.91. The summed E-state index contributed by atoms with van der Waals surface area (Å²) in [6, 6.07) is 10.0. The predicted molar refractivity (Wildman–Crippen MR) is 96.5 cm³/mol. The van der Waals surface area contributed by atoms with Gasteiger partial charge >= 0.3 is 0 Å². The highest BCUT2D eigenvalue weighted by Crippen LogP contribution is 2.22. The molecule has 3 rings (SSSR count). The number of rotatable bonds is 6. The van der Waals surface area contributed by atoms with Crippen LogP contribution in [0.2, 0.25) is 0 Å². The Morgan fingerprint density at radius 1 is 1.33 bits per heavy atom. The molecule has 24 heavy (non-hydrogen) atoms. The lowest BCUT2D eigenvalue weighted by molar-refractivity contribution is -0.131. The molecule has 2 heterocycles.